The van der Waals surface area contributed by atoms with Crippen molar-refractivity contribution >= 4 is 44.7 Å². The second-order valence-electron chi connectivity index (χ2n) is 7.76. The first-order chi connectivity index (χ1) is 17.0. The second-order valence-corrected chi connectivity index (χ2v) is 8.67. The van der Waals surface area contributed by atoms with E-state index in [4.69, 9.17) is 14.2 Å². The molecule has 0 atom stereocenters. The number of carbonyl (C=O) groups excluding carboxylic acids is 2. The molecule has 2 heterocycles. The van der Waals surface area contributed by atoms with Crippen molar-refractivity contribution in [2.24, 2.45) is 0 Å². The van der Waals surface area contributed by atoms with Crippen molar-refractivity contribution in [3.8, 4) is 17.6 Å². The van der Waals surface area contributed by atoms with E-state index in [0.29, 0.717) is 30.2 Å². The number of ether oxygens (including phenoxy) is 3. The molecule has 9 nitrogen and oxygen atoms in total. The number of halogens is 1. The highest BCUT2D eigenvalue weighted by molar-refractivity contribution is 9.10. The van der Waals surface area contributed by atoms with Gasteiger partial charge >= 0.3 is 0 Å². The monoisotopic (exact) mass is 538 g/mol. The van der Waals surface area contributed by atoms with E-state index in [0.717, 1.165) is 20.9 Å². The molecule has 1 aromatic heterocycles. The van der Waals surface area contributed by atoms with Crippen LogP contribution in [-0.2, 0) is 27.4 Å². The van der Waals surface area contributed by atoms with Crippen LogP contribution in [0.3, 0.4) is 0 Å². The Morgan fingerprint density at radius 3 is 2.83 bits per heavy atom. The summed E-state index contributed by atoms with van der Waals surface area (Å²) in [7, 11) is 1.57. The Hall–Kier alpha value is -3.81. The van der Waals surface area contributed by atoms with Gasteiger partial charge in [0, 0.05) is 47.3 Å². The highest BCUT2D eigenvalue weighted by Crippen LogP contribution is 2.32. The summed E-state index contributed by atoms with van der Waals surface area (Å²) >= 11 is 3.47. The smallest absolute Gasteiger partial charge is 0.262 e. The third-order valence-electron chi connectivity index (χ3n) is 5.37. The van der Waals surface area contributed by atoms with E-state index in [1.807, 2.05) is 30.3 Å². The van der Waals surface area contributed by atoms with E-state index >= 15 is 0 Å². The van der Waals surface area contributed by atoms with Crippen molar-refractivity contribution in [1.82, 2.24) is 15.2 Å². The number of benzene rings is 2. The molecule has 10 heteroatoms. The molecule has 2 N–H and O–H groups in total. The van der Waals surface area contributed by atoms with E-state index < -0.39 is 5.91 Å². The second kappa shape index (κ2) is 11.1. The van der Waals surface area contributed by atoms with Crippen molar-refractivity contribution in [2.75, 3.05) is 27.1 Å². The molecular weight excluding hydrogens is 516 g/mol. The molecule has 1 aliphatic heterocycles. The van der Waals surface area contributed by atoms with Gasteiger partial charge < -0.3 is 29.4 Å². The van der Waals surface area contributed by atoms with Crippen LogP contribution in [0.15, 0.2) is 52.6 Å². The number of amides is 2. The van der Waals surface area contributed by atoms with Gasteiger partial charge in [-0.25, -0.2) is 0 Å². The van der Waals surface area contributed by atoms with Gasteiger partial charge in [-0.2, -0.15) is 5.26 Å². The van der Waals surface area contributed by atoms with Gasteiger partial charge in [0.1, 0.15) is 18.2 Å². The van der Waals surface area contributed by atoms with Crippen molar-refractivity contribution in [3.05, 3.63) is 63.8 Å². The van der Waals surface area contributed by atoms with Gasteiger partial charge in [0.2, 0.25) is 12.7 Å². The first kappa shape index (κ1) is 24.3. The molecular formula is C25H23BrN4O5. The first-order valence-electron chi connectivity index (χ1n) is 10.8. The number of rotatable bonds is 9. The van der Waals surface area contributed by atoms with Crippen molar-refractivity contribution in [3.63, 3.8) is 0 Å². The van der Waals surface area contributed by atoms with E-state index in [2.05, 4.69) is 26.6 Å². The molecule has 180 valence electrons. The summed E-state index contributed by atoms with van der Waals surface area (Å²) in [5.74, 6) is 0.614. The van der Waals surface area contributed by atoms with Crippen molar-refractivity contribution < 1.29 is 23.8 Å². The van der Waals surface area contributed by atoms with Crippen molar-refractivity contribution in [1.29, 1.82) is 5.26 Å². The number of nitriles is 1. The third-order valence-corrected chi connectivity index (χ3v) is 5.86. The zero-order chi connectivity index (χ0) is 24.8. The summed E-state index contributed by atoms with van der Waals surface area (Å²) in [5.41, 5.74) is 2.23. The summed E-state index contributed by atoms with van der Waals surface area (Å²) in [6.45, 7) is 1.32. The number of hydrogen-bond acceptors (Lipinski definition) is 6. The summed E-state index contributed by atoms with van der Waals surface area (Å²) < 4.78 is 18.2. The molecule has 0 radical (unpaired) electrons. The van der Waals surface area contributed by atoms with Crippen LogP contribution >= 0.6 is 15.9 Å². The minimum atomic E-state index is -0.502. The van der Waals surface area contributed by atoms with Gasteiger partial charge in [0.15, 0.2) is 11.5 Å². The van der Waals surface area contributed by atoms with Crippen LogP contribution < -0.4 is 20.1 Å². The van der Waals surface area contributed by atoms with Gasteiger partial charge in [-0.15, -0.1) is 0 Å². The molecule has 3 aromatic rings. The van der Waals surface area contributed by atoms with Crippen LogP contribution in [0.4, 0.5) is 0 Å². The molecule has 2 aromatic carbocycles. The lowest BCUT2D eigenvalue weighted by molar-refractivity contribution is -0.121. The molecule has 0 spiro atoms. The average Bonchev–Trinajstić information content (AvgIpc) is 3.45. The number of aromatic nitrogens is 1. The highest BCUT2D eigenvalue weighted by atomic mass is 79.9. The number of nitrogens with zero attached hydrogens (tertiary/aromatic N) is 2. The summed E-state index contributed by atoms with van der Waals surface area (Å²) in [6.07, 6.45) is 3.29. The maximum Gasteiger partial charge on any atom is 0.262 e. The van der Waals surface area contributed by atoms with Crippen LogP contribution in [0.1, 0.15) is 11.1 Å². The van der Waals surface area contributed by atoms with Crippen LogP contribution in [0.2, 0.25) is 0 Å². The Kier molecular flexibility index (Phi) is 7.70. The Balaban J connectivity index is 1.53. The zero-order valence-electron chi connectivity index (χ0n) is 19.0. The number of carbonyl (C=O) groups is 2. The number of methoxy groups -OCH3 is 1. The SMILES string of the molecule is COCCNC(=O)Cn1cc(/C=C(\C#N)C(=O)NCc2ccc3c(c2)OCO3)c2cc(Br)ccc21. The third kappa shape index (κ3) is 5.82. The fourth-order valence-electron chi connectivity index (χ4n) is 3.68. The van der Waals surface area contributed by atoms with E-state index in [1.54, 1.807) is 30.0 Å². The molecule has 0 saturated heterocycles. The maximum atomic E-state index is 12.8. The maximum absolute atomic E-state index is 12.8. The number of fused-ring (bicyclic) bond motifs is 2. The zero-order valence-corrected chi connectivity index (χ0v) is 20.6. The highest BCUT2D eigenvalue weighted by Gasteiger charge is 2.16. The molecule has 1 aliphatic rings. The summed E-state index contributed by atoms with van der Waals surface area (Å²) in [4.78, 5) is 25.1. The lowest BCUT2D eigenvalue weighted by Crippen LogP contribution is -2.30. The molecule has 0 unspecified atom stereocenters. The van der Waals surface area contributed by atoms with E-state index in [9.17, 15) is 14.9 Å². The van der Waals surface area contributed by atoms with Gasteiger partial charge in [-0.3, -0.25) is 9.59 Å². The molecule has 0 fully saturated rings. The molecule has 0 bridgehead atoms. The standard InChI is InChI=1S/C25H23BrN4O5/c1-33-7-6-28-24(31)14-30-13-18(20-10-19(26)3-4-21(20)30)9-17(11-27)25(32)29-12-16-2-5-22-23(8-16)35-15-34-22/h2-5,8-10,13H,6-7,12,14-15H2,1H3,(H,28,31)(H,29,32)/b17-9+. The number of hydrogen-bond donors (Lipinski definition) is 2. The van der Waals surface area contributed by atoms with Crippen molar-refractivity contribution in [2.45, 2.75) is 13.1 Å². The predicted octanol–water partition coefficient (Wildman–Crippen LogP) is 3.12. The minimum Gasteiger partial charge on any atom is -0.454 e. The normalized spacial score (nSPS) is 12.4. The minimum absolute atomic E-state index is 0.0469. The van der Waals surface area contributed by atoms with Gasteiger partial charge in [0.25, 0.3) is 5.91 Å². The fraction of sp³-hybridized carbons (Fsp3) is 0.240. The summed E-state index contributed by atoms with van der Waals surface area (Å²) in [6, 6.07) is 13.0. The molecule has 0 aliphatic carbocycles. The Morgan fingerprint density at radius 2 is 2.03 bits per heavy atom. The first-order valence-corrected chi connectivity index (χ1v) is 11.6. The van der Waals surface area contributed by atoms with Gasteiger partial charge in [-0.1, -0.05) is 22.0 Å². The van der Waals surface area contributed by atoms with E-state index in [1.165, 1.54) is 6.08 Å². The molecule has 4 rings (SSSR count). The quantitative estimate of drug-likeness (QED) is 0.246. The topological polar surface area (TPSA) is 115 Å². The van der Waals surface area contributed by atoms with Crippen LogP contribution in [-0.4, -0.2) is 43.4 Å². The lowest BCUT2D eigenvalue weighted by atomic mass is 10.1. The number of nitrogens with one attached hydrogen (secondary N) is 2. The van der Waals surface area contributed by atoms with E-state index in [-0.39, 0.29) is 31.4 Å². The van der Waals surface area contributed by atoms with Gasteiger partial charge in [-0.05, 0) is 42.0 Å². The fourth-order valence-corrected chi connectivity index (χ4v) is 4.04. The largest absolute Gasteiger partial charge is 0.454 e. The Labute approximate surface area is 210 Å². The van der Waals surface area contributed by atoms with Crippen LogP contribution in [0.5, 0.6) is 11.5 Å². The lowest BCUT2D eigenvalue weighted by Gasteiger charge is -2.07. The van der Waals surface area contributed by atoms with Gasteiger partial charge in [0.05, 0.1) is 6.61 Å². The molecule has 35 heavy (non-hydrogen) atoms. The predicted molar refractivity (Wildman–Crippen MR) is 133 cm³/mol. The van der Waals surface area contributed by atoms with Crippen LogP contribution in [0.25, 0.3) is 17.0 Å². The molecule has 2 amide bonds. The Bertz CT molecular complexity index is 1340. The summed E-state index contributed by atoms with van der Waals surface area (Å²) in [5, 5.41) is 16.0. The average molecular weight is 539 g/mol. The molecule has 0 saturated carbocycles. The van der Waals surface area contributed by atoms with Crippen LogP contribution in [0, 0.1) is 11.3 Å². The Morgan fingerprint density at radius 1 is 1.20 bits per heavy atom.